The molecule has 0 saturated heterocycles. The third-order valence-electron chi connectivity index (χ3n) is 2.65. The quantitative estimate of drug-likeness (QED) is 0.913. The molecule has 0 saturated carbocycles. The van der Waals surface area contributed by atoms with Gasteiger partial charge in [-0.1, -0.05) is 5.16 Å². The Morgan fingerprint density at radius 1 is 1.32 bits per heavy atom. The van der Waals surface area contributed by atoms with E-state index in [1.165, 1.54) is 6.07 Å². The summed E-state index contributed by atoms with van der Waals surface area (Å²) < 4.78 is 16.4. The van der Waals surface area contributed by atoms with Crippen LogP contribution in [-0.2, 0) is 0 Å². The SMILES string of the molecule is O=C(O)c1cc(-c2ccc3c(c2Br)OCCO3)no1. The average Bonchev–Trinajstić information content (AvgIpc) is 2.89. The van der Waals surface area contributed by atoms with Crippen molar-refractivity contribution < 1.29 is 23.9 Å². The normalized spacial score (nSPS) is 13.3. The lowest BCUT2D eigenvalue weighted by molar-refractivity contribution is 0.0652. The Hall–Kier alpha value is -2.02. The van der Waals surface area contributed by atoms with E-state index in [0.29, 0.717) is 40.4 Å². The summed E-state index contributed by atoms with van der Waals surface area (Å²) in [5, 5.41) is 12.6. The number of halogens is 1. The summed E-state index contributed by atoms with van der Waals surface area (Å²) in [4.78, 5) is 10.8. The number of aromatic carboxylic acids is 1. The smallest absolute Gasteiger partial charge is 0.374 e. The number of benzene rings is 1. The van der Waals surface area contributed by atoms with E-state index < -0.39 is 5.97 Å². The molecule has 0 amide bonds. The standard InChI is InChI=1S/C12H8BrNO5/c13-10-6(7-5-9(12(15)16)19-14-7)1-2-8-11(10)18-4-3-17-8/h1-2,5H,3-4H2,(H,15,16). The van der Waals surface area contributed by atoms with E-state index in [-0.39, 0.29) is 5.76 Å². The molecule has 0 spiro atoms. The molecule has 1 aliphatic heterocycles. The number of nitrogens with zero attached hydrogens (tertiary/aromatic N) is 1. The maximum absolute atomic E-state index is 10.8. The van der Waals surface area contributed by atoms with Crippen molar-refractivity contribution >= 4 is 21.9 Å². The summed E-state index contributed by atoms with van der Waals surface area (Å²) >= 11 is 3.42. The van der Waals surface area contributed by atoms with Crippen molar-refractivity contribution in [2.45, 2.75) is 0 Å². The Morgan fingerprint density at radius 3 is 2.84 bits per heavy atom. The van der Waals surface area contributed by atoms with E-state index in [4.69, 9.17) is 19.1 Å². The lowest BCUT2D eigenvalue weighted by atomic mass is 10.1. The van der Waals surface area contributed by atoms with Crippen molar-refractivity contribution in [2.75, 3.05) is 13.2 Å². The molecule has 19 heavy (non-hydrogen) atoms. The number of carboxylic acid groups (broad SMARTS) is 1. The number of fused-ring (bicyclic) bond motifs is 1. The molecule has 0 aliphatic carbocycles. The van der Waals surface area contributed by atoms with Crippen LogP contribution in [-0.4, -0.2) is 29.4 Å². The van der Waals surface area contributed by atoms with E-state index in [1.54, 1.807) is 12.1 Å². The van der Waals surface area contributed by atoms with E-state index >= 15 is 0 Å². The number of carboxylic acids is 1. The fourth-order valence-electron chi connectivity index (χ4n) is 1.78. The first-order chi connectivity index (χ1) is 9.16. The topological polar surface area (TPSA) is 81.8 Å². The van der Waals surface area contributed by atoms with Gasteiger partial charge >= 0.3 is 5.97 Å². The van der Waals surface area contributed by atoms with Crippen LogP contribution in [0, 0.1) is 0 Å². The van der Waals surface area contributed by atoms with Gasteiger partial charge in [-0.15, -0.1) is 0 Å². The van der Waals surface area contributed by atoms with Gasteiger partial charge in [0, 0.05) is 11.6 Å². The summed E-state index contributed by atoms with van der Waals surface area (Å²) in [6.07, 6.45) is 0. The van der Waals surface area contributed by atoms with Crippen LogP contribution in [0.3, 0.4) is 0 Å². The summed E-state index contributed by atoms with van der Waals surface area (Å²) in [5.74, 6) is -0.142. The monoisotopic (exact) mass is 325 g/mol. The second-order valence-electron chi connectivity index (χ2n) is 3.83. The molecule has 3 rings (SSSR count). The molecule has 0 bridgehead atoms. The van der Waals surface area contributed by atoms with Crippen molar-refractivity contribution in [3.05, 3.63) is 28.4 Å². The molecule has 6 nitrogen and oxygen atoms in total. The summed E-state index contributed by atoms with van der Waals surface area (Å²) in [5.41, 5.74) is 1.10. The van der Waals surface area contributed by atoms with Crippen LogP contribution in [0.4, 0.5) is 0 Å². The highest BCUT2D eigenvalue weighted by Gasteiger charge is 2.21. The predicted octanol–water partition coefficient (Wildman–Crippen LogP) is 2.57. The second-order valence-corrected chi connectivity index (χ2v) is 4.63. The van der Waals surface area contributed by atoms with Gasteiger partial charge in [0.05, 0.1) is 4.47 Å². The average molecular weight is 326 g/mol. The van der Waals surface area contributed by atoms with Crippen molar-refractivity contribution in [3.63, 3.8) is 0 Å². The first-order valence-electron chi connectivity index (χ1n) is 5.45. The molecular weight excluding hydrogens is 318 g/mol. The maximum Gasteiger partial charge on any atom is 0.374 e. The van der Waals surface area contributed by atoms with Gasteiger partial charge in [0.25, 0.3) is 0 Å². The zero-order valence-electron chi connectivity index (χ0n) is 9.55. The number of hydrogen-bond donors (Lipinski definition) is 1. The van der Waals surface area contributed by atoms with Gasteiger partial charge in [-0.2, -0.15) is 0 Å². The third kappa shape index (κ3) is 2.06. The molecule has 1 aromatic carbocycles. The number of ether oxygens (including phenoxy) is 2. The van der Waals surface area contributed by atoms with Crippen LogP contribution in [0.25, 0.3) is 11.3 Å². The molecule has 2 heterocycles. The molecule has 1 N–H and O–H groups in total. The number of hydrogen-bond acceptors (Lipinski definition) is 5. The molecule has 7 heteroatoms. The molecule has 0 unspecified atom stereocenters. The molecule has 0 atom stereocenters. The van der Waals surface area contributed by atoms with Crippen LogP contribution in [0.2, 0.25) is 0 Å². The van der Waals surface area contributed by atoms with Gasteiger partial charge in [-0.25, -0.2) is 4.79 Å². The van der Waals surface area contributed by atoms with Crippen molar-refractivity contribution in [1.29, 1.82) is 0 Å². The molecule has 98 valence electrons. The summed E-state index contributed by atoms with van der Waals surface area (Å²) in [6.45, 7) is 0.972. The Morgan fingerprint density at radius 2 is 2.11 bits per heavy atom. The Bertz CT molecular complexity index is 652. The number of aromatic nitrogens is 1. The Balaban J connectivity index is 2.07. The van der Waals surface area contributed by atoms with E-state index in [2.05, 4.69) is 21.1 Å². The van der Waals surface area contributed by atoms with Crippen LogP contribution in [0.1, 0.15) is 10.6 Å². The first-order valence-corrected chi connectivity index (χ1v) is 6.24. The number of carbonyl (C=O) groups is 1. The van der Waals surface area contributed by atoms with E-state index in [0.717, 1.165) is 0 Å². The predicted molar refractivity (Wildman–Crippen MR) is 67.6 cm³/mol. The van der Waals surface area contributed by atoms with Gasteiger partial charge in [-0.3, -0.25) is 0 Å². The highest BCUT2D eigenvalue weighted by Crippen LogP contribution is 2.43. The lowest BCUT2D eigenvalue weighted by Crippen LogP contribution is -2.15. The fraction of sp³-hybridized carbons (Fsp3) is 0.167. The van der Waals surface area contributed by atoms with Crippen LogP contribution >= 0.6 is 15.9 Å². The minimum absolute atomic E-state index is 0.211. The van der Waals surface area contributed by atoms with Gasteiger partial charge in [0.15, 0.2) is 11.5 Å². The summed E-state index contributed by atoms with van der Waals surface area (Å²) in [7, 11) is 0. The largest absolute Gasteiger partial charge is 0.486 e. The minimum atomic E-state index is -1.16. The van der Waals surface area contributed by atoms with Crippen LogP contribution < -0.4 is 9.47 Å². The van der Waals surface area contributed by atoms with Crippen molar-refractivity contribution in [1.82, 2.24) is 5.16 Å². The zero-order valence-corrected chi connectivity index (χ0v) is 11.1. The van der Waals surface area contributed by atoms with Crippen molar-refractivity contribution in [3.8, 4) is 22.8 Å². The Labute approximate surface area is 116 Å². The maximum atomic E-state index is 10.8. The van der Waals surface area contributed by atoms with E-state index in [1.807, 2.05) is 0 Å². The highest BCUT2D eigenvalue weighted by atomic mass is 79.9. The number of rotatable bonds is 2. The zero-order chi connectivity index (χ0) is 13.4. The fourth-order valence-corrected chi connectivity index (χ4v) is 2.43. The molecule has 1 aromatic heterocycles. The summed E-state index contributed by atoms with van der Waals surface area (Å²) in [6, 6.07) is 4.88. The second kappa shape index (κ2) is 4.58. The third-order valence-corrected chi connectivity index (χ3v) is 3.43. The van der Waals surface area contributed by atoms with Crippen molar-refractivity contribution in [2.24, 2.45) is 0 Å². The molecule has 0 radical (unpaired) electrons. The first kappa shape index (κ1) is 12.0. The Kier molecular flexibility index (Phi) is 2.90. The van der Waals surface area contributed by atoms with Gasteiger partial charge in [0.1, 0.15) is 18.9 Å². The highest BCUT2D eigenvalue weighted by molar-refractivity contribution is 9.10. The van der Waals surface area contributed by atoms with Crippen LogP contribution in [0.15, 0.2) is 27.2 Å². The van der Waals surface area contributed by atoms with Crippen LogP contribution in [0.5, 0.6) is 11.5 Å². The molecule has 2 aromatic rings. The molecular formula is C12H8BrNO5. The van der Waals surface area contributed by atoms with E-state index in [9.17, 15) is 4.79 Å². The molecule has 0 fully saturated rings. The van der Waals surface area contributed by atoms with Gasteiger partial charge in [-0.05, 0) is 28.1 Å². The minimum Gasteiger partial charge on any atom is -0.486 e. The van der Waals surface area contributed by atoms with Gasteiger partial charge < -0.3 is 19.1 Å². The molecule has 1 aliphatic rings. The van der Waals surface area contributed by atoms with Gasteiger partial charge in [0.2, 0.25) is 5.76 Å². The lowest BCUT2D eigenvalue weighted by Gasteiger charge is -2.20.